The van der Waals surface area contributed by atoms with Crippen LogP contribution >= 0.6 is 0 Å². The van der Waals surface area contributed by atoms with E-state index >= 15 is 0 Å². The topological polar surface area (TPSA) is 96.3 Å². The van der Waals surface area contributed by atoms with E-state index in [9.17, 15) is 19.1 Å². The van der Waals surface area contributed by atoms with Crippen molar-refractivity contribution < 1.29 is 33.7 Å². The number of rotatable bonds is 3. The first kappa shape index (κ1) is 19.0. The molecule has 8 heteroatoms. The van der Waals surface area contributed by atoms with E-state index in [0.717, 1.165) is 18.2 Å². The zero-order valence-electron chi connectivity index (χ0n) is 14.4. The summed E-state index contributed by atoms with van der Waals surface area (Å²) >= 11 is 0. The summed E-state index contributed by atoms with van der Waals surface area (Å²) in [5.74, 6) is -2.04. The molecule has 2 N–H and O–H groups in total. The number of carbonyl (C=O) groups excluding carboxylic acids is 1. The summed E-state index contributed by atoms with van der Waals surface area (Å²) in [4.78, 5) is 24.6. The molecule has 0 bridgehead atoms. The first-order valence-electron chi connectivity index (χ1n) is 7.92. The van der Waals surface area contributed by atoms with Crippen molar-refractivity contribution in [1.82, 2.24) is 4.90 Å². The minimum Gasteiger partial charge on any atom is -0.487 e. The zero-order chi connectivity index (χ0) is 18.8. The van der Waals surface area contributed by atoms with Gasteiger partial charge in [-0.15, -0.1) is 0 Å². The summed E-state index contributed by atoms with van der Waals surface area (Å²) in [6, 6.07) is 3.10. The van der Waals surface area contributed by atoms with Gasteiger partial charge >= 0.3 is 12.1 Å². The van der Waals surface area contributed by atoms with Gasteiger partial charge in [0.15, 0.2) is 0 Å². The first-order valence-corrected chi connectivity index (χ1v) is 7.92. The molecular weight excluding hydrogens is 333 g/mol. The van der Waals surface area contributed by atoms with Crippen molar-refractivity contribution in [1.29, 1.82) is 0 Å². The van der Waals surface area contributed by atoms with E-state index in [2.05, 4.69) is 0 Å². The van der Waals surface area contributed by atoms with Crippen LogP contribution in [0.5, 0.6) is 5.75 Å². The molecular formula is C17H22FNO6. The number of hydrogen-bond acceptors (Lipinski definition) is 5. The van der Waals surface area contributed by atoms with Gasteiger partial charge in [-0.1, -0.05) is 0 Å². The number of aliphatic hydroxyl groups excluding tert-OH is 1. The van der Waals surface area contributed by atoms with Gasteiger partial charge in [0.2, 0.25) is 0 Å². The van der Waals surface area contributed by atoms with Gasteiger partial charge in [-0.25, -0.2) is 14.0 Å². The quantitative estimate of drug-likeness (QED) is 0.863. The molecule has 1 aliphatic rings. The number of hydrogen-bond donors (Lipinski definition) is 2. The molecule has 2 rings (SSSR count). The fourth-order valence-corrected chi connectivity index (χ4v) is 2.47. The monoisotopic (exact) mass is 355 g/mol. The lowest BCUT2D eigenvalue weighted by Crippen LogP contribution is -2.52. The van der Waals surface area contributed by atoms with Gasteiger partial charge in [0.1, 0.15) is 34.9 Å². The van der Waals surface area contributed by atoms with Crippen LogP contribution in [0.2, 0.25) is 0 Å². The molecule has 1 amide bonds. The third kappa shape index (κ3) is 5.06. The van der Waals surface area contributed by atoms with Crippen molar-refractivity contribution >= 4 is 12.1 Å². The number of halogens is 1. The van der Waals surface area contributed by atoms with Crippen LogP contribution in [0.4, 0.5) is 9.18 Å². The molecule has 1 aromatic rings. The second-order valence-corrected chi connectivity index (χ2v) is 6.88. The molecule has 1 aromatic carbocycles. The minimum atomic E-state index is -1.25. The first-order chi connectivity index (χ1) is 11.6. The lowest BCUT2D eigenvalue weighted by Gasteiger charge is -2.36. The molecule has 2 atom stereocenters. The number of benzene rings is 1. The van der Waals surface area contributed by atoms with Gasteiger partial charge < -0.3 is 24.6 Å². The predicted octanol–water partition coefficient (Wildman–Crippen LogP) is 2.27. The fraction of sp³-hybridized carbons (Fsp3) is 0.529. The van der Waals surface area contributed by atoms with E-state index in [1.165, 1.54) is 4.90 Å². The lowest BCUT2D eigenvalue weighted by molar-refractivity contribution is -0.0377. The van der Waals surface area contributed by atoms with Crippen molar-refractivity contribution in [2.75, 3.05) is 13.1 Å². The molecule has 0 aromatic heterocycles. The van der Waals surface area contributed by atoms with Gasteiger partial charge in [-0.05, 0) is 32.9 Å². The molecule has 138 valence electrons. The summed E-state index contributed by atoms with van der Waals surface area (Å²) in [6.07, 6.45) is -2.08. The van der Waals surface area contributed by atoms with Crippen LogP contribution in [0.25, 0.3) is 0 Å². The number of nitrogens with zero attached hydrogens (tertiary/aromatic N) is 1. The number of piperidine rings is 1. The van der Waals surface area contributed by atoms with Crippen LogP contribution < -0.4 is 4.74 Å². The Morgan fingerprint density at radius 3 is 2.56 bits per heavy atom. The average molecular weight is 355 g/mol. The van der Waals surface area contributed by atoms with Crippen LogP contribution in [0, 0.1) is 5.82 Å². The van der Waals surface area contributed by atoms with E-state index in [0.29, 0.717) is 0 Å². The Hall–Kier alpha value is -2.35. The fourth-order valence-electron chi connectivity index (χ4n) is 2.47. The summed E-state index contributed by atoms with van der Waals surface area (Å²) in [5, 5.41) is 19.4. The number of likely N-dealkylation sites (tertiary alicyclic amines) is 1. The number of carboxylic acids is 1. The Labute approximate surface area is 145 Å². The largest absolute Gasteiger partial charge is 0.487 e. The number of aliphatic hydroxyl groups is 1. The Bertz CT molecular complexity index is 657. The maximum absolute atomic E-state index is 13.4. The number of aromatic carboxylic acids is 1. The summed E-state index contributed by atoms with van der Waals surface area (Å²) in [6.45, 7) is 5.49. The molecule has 0 radical (unpaired) electrons. The average Bonchev–Trinajstić information content (AvgIpc) is 2.47. The highest BCUT2D eigenvalue weighted by Crippen LogP contribution is 2.25. The Morgan fingerprint density at radius 1 is 1.32 bits per heavy atom. The number of amides is 1. The highest BCUT2D eigenvalue weighted by Gasteiger charge is 2.34. The van der Waals surface area contributed by atoms with Crippen molar-refractivity contribution in [2.45, 2.75) is 45.0 Å². The van der Waals surface area contributed by atoms with E-state index in [-0.39, 0.29) is 30.8 Å². The van der Waals surface area contributed by atoms with E-state index in [1.807, 2.05) is 0 Å². The summed E-state index contributed by atoms with van der Waals surface area (Å²) < 4.78 is 24.2. The van der Waals surface area contributed by atoms with Crippen LogP contribution in [0.15, 0.2) is 18.2 Å². The molecule has 0 unspecified atom stereocenters. The van der Waals surface area contributed by atoms with E-state index in [1.54, 1.807) is 20.8 Å². The standard InChI is InChI=1S/C17H22FNO6/c1-17(2,3)25-16(23)19-7-6-13(12(20)9-19)24-14-8-10(18)4-5-11(14)15(21)22/h4-5,8,12-13,20H,6-7,9H2,1-3H3,(H,21,22)/t12-,13-/m0/s1. The third-order valence-electron chi connectivity index (χ3n) is 3.62. The molecule has 1 aliphatic heterocycles. The molecule has 0 spiro atoms. The van der Waals surface area contributed by atoms with Gasteiger partial charge in [-0.3, -0.25) is 0 Å². The van der Waals surface area contributed by atoms with Crippen LogP contribution in [-0.2, 0) is 4.74 Å². The highest BCUT2D eigenvalue weighted by atomic mass is 19.1. The Balaban J connectivity index is 2.04. The normalized spacial score (nSPS) is 20.9. The molecule has 1 fully saturated rings. The van der Waals surface area contributed by atoms with Gasteiger partial charge in [0.05, 0.1) is 6.54 Å². The van der Waals surface area contributed by atoms with Gasteiger partial charge in [0, 0.05) is 19.0 Å². The maximum atomic E-state index is 13.4. The van der Waals surface area contributed by atoms with E-state index in [4.69, 9.17) is 14.6 Å². The second kappa shape index (κ2) is 7.26. The lowest BCUT2D eigenvalue weighted by atomic mass is 10.0. The van der Waals surface area contributed by atoms with Crippen LogP contribution in [0.3, 0.4) is 0 Å². The number of β-amino-alcohol motifs (C(OH)–C–C–N with tert-alkyl or cyclic N) is 1. The number of carboxylic acid groups (broad SMARTS) is 1. The molecule has 0 aliphatic carbocycles. The molecule has 1 heterocycles. The molecule has 1 saturated heterocycles. The van der Waals surface area contributed by atoms with E-state index < -0.39 is 35.7 Å². The Morgan fingerprint density at radius 2 is 2.00 bits per heavy atom. The van der Waals surface area contributed by atoms with Crippen LogP contribution in [0.1, 0.15) is 37.6 Å². The number of ether oxygens (including phenoxy) is 2. The molecule has 7 nitrogen and oxygen atoms in total. The van der Waals surface area contributed by atoms with Gasteiger partial charge in [-0.2, -0.15) is 0 Å². The third-order valence-corrected chi connectivity index (χ3v) is 3.62. The van der Waals surface area contributed by atoms with Crippen molar-refractivity contribution in [2.24, 2.45) is 0 Å². The predicted molar refractivity (Wildman–Crippen MR) is 86.2 cm³/mol. The SMILES string of the molecule is CC(C)(C)OC(=O)N1CC[C@H](Oc2cc(F)ccc2C(=O)O)[C@@H](O)C1. The van der Waals surface area contributed by atoms with Crippen molar-refractivity contribution in [3.05, 3.63) is 29.6 Å². The smallest absolute Gasteiger partial charge is 0.410 e. The second-order valence-electron chi connectivity index (χ2n) is 6.88. The highest BCUT2D eigenvalue weighted by molar-refractivity contribution is 5.90. The zero-order valence-corrected chi connectivity index (χ0v) is 14.4. The summed E-state index contributed by atoms with van der Waals surface area (Å²) in [5.41, 5.74) is -0.837. The summed E-state index contributed by atoms with van der Waals surface area (Å²) in [7, 11) is 0. The molecule has 0 saturated carbocycles. The van der Waals surface area contributed by atoms with Gasteiger partial charge in [0.25, 0.3) is 0 Å². The van der Waals surface area contributed by atoms with Crippen LogP contribution in [-0.4, -0.2) is 58.1 Å². The minimum absolute atomic E-state index is 0.0166. The van der Waals surface area contributed by atoms with Crippen molar-refractivity contribution in [3.63, 3.8) is 0 Å². The molecule has 25 heavy (non-hydrogen) atoms. The number of carbonyl (C=O) groups is 2. The van der Waals surface area contributed by atoms with Crippen molar-refractivity contribution in [3.8, 4) is 5.75 Å². The Kier molecular flexibility index (Phi) is 5.52. The maximum Gasteiger partial charge on any atom is 0.410 e.